The lowest BCUT2D eigenvalue weighted by atomic mass is 10.1. The first kappa shape index (κ1) is 28.2. The fraction of sp³-hybridized carbons (Fsp3) is 0.333. The molecule has 0 saturated heterocycles. The van der Waals surface area contributed by atoms with Crippen LogP contribution in [0.25, 0.3) is 17.0 Å². The predicted octanol–water partition coefficient (Wildman–Crippen LogP) is 5.04. The van der Waals surface area contributed by atoms with E-state index in [0.717, 1.165) is 4.90 Å². The zero-order chi connectivity index (χ0) is 29.0. The molecule has 13 heteroatoms. The number of anilines is 2. The molecule has 3 heterocycles. The summed E-state index contributed by atoms with van der Waals surface area (Å²) in [5.41, 5.74) is 1.36. The highest BCUT2D eigenvalue weighted by Crippen LogP contribution is 2.27. The van der Waals surface area contributed by atoms with Crippen LogP contribution in [0.15, 0.2) is 41.2 Å². The Morgan fingerprint density at radius 3 is 2.62 bits per heavy atom. The quantitative estimate of drug-likeness (QED) is 0.223. The minimum atomic E-state index is -0.729. The molecule has 2 amide bonds. The number of nitrogens with one attached hydrogen (secondary N) is 1. The average Bonchev–Trinajstić information content (AvgIpc) is 3.46. The number of benzene rings is 1. The molecule has 0 aliphatic heterocycles. The first-order chi connectivity index (χ1) is 19.0. The summed E-state index contributed by atoms with van der Waals surface area (Å²) in [7, 11) is 0. The van der Waals surface area contributed by atoms with Gasteiger partial charge in [0, 0.05) is 37.0 Å². The number of carbonyl (C=O) groups excluding carboxylic acids is 3. The van der Waals surface area contributed by atoms with Gasteiger partial charge in [-0.25, -0.2) is 29.0 Å². The monoisotopic (exact) mass is 552 g/mol. The third-order valence-electron chi connectivity index (χ3n) is 5.58. The maximum atomic E-state index is 14.9. The summed E-state index contributed by atoms with van der Waals surface area (Å²) >= 11 is 0. The molecule has 0 unspecified atom stereocenters. The Kier molecular flexibility index (Phi) is 8.41. The Morgan fingerprint density at radius 2 is 1.95 bits per heavy atom. The molecule has 0 spiro atoms. The normalized spacial score (nSPS) is 11.1. The summed E-state index contributed by atoms with van der Waals surface area (Å²) in [6.07, 6.45) is 4.09. The number of nitrogens with zero attached hydrogens (tertiary/aromatic N) is 5. The number of aromatic nitrogens is 4. The van der Waals surface area contributed by atoms with E-state index < -0.39 is 29.9 Å². The van der Waals surface area contributed by atoms with E-state index in [1.807, 2.05) is 6.92 Å². The second-order valence-corrected chi connectivity index (χ2v) is 9.20. The van der Waals surface area contributed by atoms with Crippen molar-refractivity contribution in [2.45, 2.75) is 53.6 Å². The number of halogens is 1. The molecule has 4 aromatic rings. The lowest BCUT2D eigenvalue weighted by Gasteiger charge is -2.22. The largest absolute Gasteiger partial charge is 0.446 e. The van der Waals surface area contributed by atoms with Gasteiger partial charge in [-0.1, -0.05) is 6.92 Å². The third kappa shape index (κ3) is 6.42. The van der Waals surface area contributed by atoms with Gasteiger partial charge in [-0.15, -0.1) is 0 Å². The van der Waals surface area contributed by atoms with Gasteiger partial charge in [-0.3, -0.25) is 14.0 Å². The van der Waals surface area contributed by atoms with Gasteiger partial charge in [0.15, 0.2) is 12.6 Å². The van der Waals surface area contributed by atoms with Crippen molar-refractivity contribution in [3.63, 3.8) is 0 Å². The molecule has 3 aromatic heterocycles. The predicted molar refractivity (Wildman–Crippen MR) is 142 cm³/mol. The molecule has 0 atom stereocenters. The molecule has 0 fully saturated rings. The third-order valence-corrected chi connectivity index (χ3v) is 5.58. The number of amides is 2. The lowest BCUT2D eigenvalue weighted by Crippen LogP contribution is -2.36. The molecule has 210 valence electrons. The van der Waals surface area contributed by atoms with E-state index in [2.05, 4.69) is 20.3 Å². The molecular weight excluding hydrogens is 523 g/mol. The van der Waals surface area contributed by atoms with Gasteiger partial charge in [0.1, 0.15) is 5.82 Å². The van der Waals surface area contributed by atoms with E-state index in [4.69, 9.17) is 13.9 Å². The van der Waals surface area contributed by atoms with E-state index in [-0.39, 0.29) is 41.6 Å². The van der Waals surface area contributed by atoms with Gasteiger partial charge in [-0.05, 0) is 45.4 Å². The zero-order valence-corrected chi connectivity index (χ0v) is 22.7. The summed E-state index contributed by atoms with van der Waals surface area (Å²) in [4.78, 5) is 51.2. The molecule has 0 saturated carbocycles. The van der Waals surface area contributed by atoms with Gasteiger partial charge < -0.3 is 19.2 Å². The standard InChI is InChI=1S/C27H29FN6O6/c1-6-7-23(35)38-14-34(27(37)39-15(2)3)19-11-29-26-32-22(13-33(26)12-19)20-10-18(8-9-21(20)28)31-25(36)24-16(4)30-17(5)40-24/h8-13,15H,6-7,14H2,1-5H3,(H,31,36). The topological polar surface area (TPSA) is 141 Å². The number of hydrogen-bond acceptors (Lipinski definition) is 9. The van der Waals surface area contributed by atoms with Crippen molar-refractivity contribution in [1.29, 1.82) is 0 Å². The van der Waals surface area contributed by atoms with Crippen molar-refractivity contribution in [1.82, 2.24) is 19.4 Å². The summed E-state index contributed by atoms with van der Waals surface area (Å²) in [5, 5.41) is 2.68. The van der Waals surface area contributed by atoms with Gasteiger partial charge >= 0.3 is 12.1 Å². The second kappa shape index (κ2) is 11.9. The zero-order valence-electron chi connectivity index (χ0n) is 22.7. The fourth-order valence-corrected chi connectivity index (χ4v) is 3.78. The van der Waals surface area contributed by atoms with Crippen molar-refractivity contribution in [2.75, 3.05) is 16.9 Å². The van der Waals surface area contributed by atoms with Gasteiger partial charge in [-0.2, -0.15) is 0 Å². The van der Waals surface area contributed by atoms with Crippen LogP contribution in [0.5, 0.6) is 0 Å². The van der Waals surface area contributed by atoms with E-state index >= 15 is 0 Å². The van der Waals surface area contributed by atoms with Crippen LogP contribution in [0.4, 0.5) is 20.6 Å². The van der Waals surface area contributed by atoms with Crippen molar-refractivity contribution >= 4 is 35.1 Å². The Morgan fingerprint density at radius 1 is 1.18 bits per heavy atom. The lowest BCUT2D eigenvalue weighted by molar-refractivity contribution is -0.143. The molecule has 40 heavy (non-hydrogen) atoms. The van der Waals surface area contributed by atoms with Crippen LogP contribution in [-0.2, 0) is 14.3 Å². The van der Waals surface area contributed by atoms with Crippen molar-refractivity contribution in [3.05, 3.63) is 60.0 Å². The number of esters is 1. The van der Waals surface area contributed by atoms with Crippen LogP contribution < -0.4 is 10.2 Å². The molecule has 12 nitrogen and oxygen atoms in total. The number of imidazole rings is 1. The van der Waals surface area contributed by atoms with E-state index in [0.29, 0.717) is 23.7 Å². The average molecular weight is 553 g/mol. The van der Waals surface area contributed by atoms with E-state index in [9.17, 15) is 18.8 Å². The van der Waals surface area contributed by atoms with Gasteiger partial charge in [0.05, 0.1) is 29.4 Å². The molecule has 0 aliphatic carbocycles. The summed E-state index contributed by atoms with van der Waals surface area (Å²) in [6.45, 7) is 8.14. The maximum absolute atomic E-state index is 14.9. The van der Waals surface area contributed by atoms with Crippen LogP contribution in [0, 0.1) is 19.7 Å². The van der Waals surface area contributed by atoms with Crippen LogP contribution in [0.1, 0.15) is 55.8 Å². The minimum Gasteiger partial charge on any atom is -0.446 e. The molecular formula is C27H29FN6O6. The van der Waals surface area contributed by atoms with Crippen LogP contribution in [0.3, 0.4) is 0 Å². The molecule has 0 radical (unpaired) electrons. The Bertz CT molecular complexity index is 1560. The van der Waals surface area contributed by atoms with Crippen molar-refractivity contribution in [3.8, 4) is 11.3 Å². The first-order valence-corrected chi connectivity index (χ1v) is 12.6. The number of ether oxygens (including phenoxy) is 2. The smallest absolute Gasteiger partial charge is 0.417 e. The van der Waals surface area contributed by atoms with Crippen LogP contribution in [-0.4, -0.2) is 50.2 Å². The Balaban J connectivity index is 1.62. The highest BCUT2D eigenvalue weighted by molar-refractivity contribution is 6.03. The summed E-state index contributed by atoms with van der Waals surface area (Å²) in [6, 6.07) is 4.06. The molecule has 4 rings (SSSR count). The first-order valence-electron chi connectivity index (χ1n) is 12.6. The SMILES string of the molecule is CCCC(=O)OCN(C(=O)OC(C)C)c1cnc2nc(-c3cc(NC(=O)c4oc(C)nc4C)ccc3F)cn2c1. The van der Waals surface area contributed by atoms with Gasteiger partial charge in [0.2, 0.25) is 11.5 Å². The number of fused-ring (bicyclic) bond motifs is 1. The Hall–Kier alpha value is -4.81. The van der Waals surface area contributed by atoms with Crippen molar-refractivity contribution in [2.24, 2.45) is 0 Å². The molecule has 1 N–H and O–H groups in total. The molecule has 0 bridgehead atoms. The molecule has 0 aliphatic rings. The number of aryl methyl sites for hydroxylation is 2. The number of oxazole rings is 1. The fourth-order valence-electron chi connectivity index (χ4n) is 3.78. The highest BCUT2D eigenvalue weighted by atomic mass is 19.1. The van der Waals surface area contributed by atoms with Crippen molar-refractivity contribution < 1.29 is 32.7 Å². The maximum Gasteiger partial charge on any atom is 0.417 e. The second-order valence-electron chi connectivity index (χ2n) is 9.20. The highest BCUT2D eigenvalue weighted by Gasteiger charge is 2.22. The number of carbonyl (C=O) groups is 3. The van der Waals surface area contributed by atoms with E-state index in [1.165, 1.54) is 41.2 Å². The summed E-state index contributed by atoms with van der Waals surface area (Å²) < 4.78 is 32.2. The van der Waals surface area contributed by atoms with Crippen LogP contribution in [0.2, 0.25) is 0 Å². The van der Waals surface area contributed by atoms with Gasteiger partial charge in [0.25, 0.3) is 5.91 Å². The Labute approximate surface area is 229 Å². The van der Waals surface area contributed by atoms with Crippen LogP contribution >= 0.6 is 0 Å². The van der Waals surface area contributed by atoms with E-state index in [1.54, 1.807) is 27.7 Å². The molecule has 1 aromatic carbocycles. The minimum absolute atomic E-state index is 0.0637. The summed E-state index contributed by atoms with van der Waals surface area (Å²) in [5.74, 6) is -0.911. The number of rotatable bonds is 9. The number of hydrogen-bond donors (Lipinski definition) is 1.